The van der Waals surface area contributed by atoms with E-state index in [-0.39, 0.29) is 5.92 Å². The van der Waals surface area contributed by atoms with Gasteiger partial charge in [-0.3, -0.25) is 0 Å². The second-order valence-corrected chi connectivity index (χ2v) is 5.56. The fraction of sp³-hybridized carbons (Fsp3) is 0.400. The molecule has 0 aliphatic carbocycles. The summed E-state index contributed by atoms with van der Waals surface area (Å²) in [5, 5.41) is 0. The van der Waals surface area contributed by atoms with E-state index in [4.69, 9.17) is 19.9 Å². The van der Waals surface area contributed by atoms with Gasteiger partial charge in [-0.25, -0.2) is 0 Å². The van der Waals surface area contributed by atoms with E-state index in [1.807, 2.05) is 32.0 Å². The Kier molecular flexibility index (Phi) is 6.94. The van der Waals surface area contributed by atoms with Gasteiger partial charge in [-0.2, -0.15) is 0 Å². The summed E-state index contributed by atoms with van der Waals surface area (Å²) in [5.74, 6) is 2.66. The summed E-state index contributed by atoms with van der Waals surface area (Å²) in [4.78, 5) is 0. The first-order valence-electron chi connectivity index (χ1n) is 8.44. The molecule has 24 heavy (non-hydrogen) atoms. The zero-order chi connectivity index (χ0) is 17.4. The van der Waals surface area contributed by atoms with Gasteiger partial charge in [0.2, 0.25) is 0 Å². The van der Waals surface area contributed by atoms with Gasteiger partial charge in [0.05, 0.1) is 20.3 Å². The Hall–Kier alpha value is -2.20. The number of ether oxygens (including phenoxy) is 3. The molecule has 0 aliphatic rings. The van der Waals surface area contributed by atoms with Crippen molar-refractivity contribution < 1.29 is 14.2 Å². The number of benzene rings is 2. The molecule has 0 saturated heterocycles. The minimum Gasteiger partial charge on any atom is -0.497 e. The number of nitrogens with two attached hydrogens (primary N) is 1. The lowest BCUT2D eigenvalue weighted by atomic mass is 9.92. The molecule has 0 heterocycles. The Morgan fingerprint density at radius 3 is 2.38 bits per heavy atom. The topological polar surface area (TPSA) is 53.7 Å². The van der Waals surface area contributed by atoms with Crippen LogP contribution in [0.25, 0.3) is 0 Å². The summed E-state index contributed by atoms with van der Waals surface area (Å²) in [5.41, 5.74) is 8.39. The zero-order valence-electron chi connectivity index (χ0n) is 14.7. The molecule has 4 heteroatoms. The fourth-order valence-corrected chi connectivity index (χ4v) is 2.74. The van der Waals surface area contributed by atoms with E-state index in [1.54, 1.807) is 7.11 Å². The van der Waals surface area contributed by atoms with Crippen molar-refractivity contribution in [1.29, 1.82) is 0 Å². The van der Waals surface area contributed by atoms with Crippen molar-refractivity contribution in [2.75, 3.05) is 26.9 Å². The summed E-state index contributed by atoms with van der Waals surface area (Å²) < 4.78 is 16.7. The summed E-state index contributed by atoms with van der Waals surface area (Å²) in [6, 6.07) is 14.2. The van der Waals surface area contributed by atoms with Crippen molar-refractivity contribution >= 4 is 0 Å². The average Bonchev–Trinajstić information content (AvgIpc) is 2.62. The van der Waals surface area contributed by atoms with Crippen LogP contribution in [0.2, 0.25) is 0 Å². The lowest BCUT2D eigenvalue weighted by Gasteiger charge is -2.18. The molecule has 130 valence electrons. The molecule has 1 unspecified atom stereocenters. The van der Waals surface area contributed by atoms with Crippen LogP contribution in [0, 0.1) is 0 Å². The Balaban J connectivity index is 2.22. The van der Waals surface area contributed by atoms with Gasteiger partial charge in [-0.15, -0.1) is 0 Å². The van der Waals surface area contributed by atoms with Crippen molar-refractivity contribution in [3.8, 4) is 17.2 Å². The highest BCUT2D eigenvalue weighted by Crippen LogP contribution is 2.31. The molecule has 0 saturated carbocycles. The summed E-state index contributed by atoms with van der Waals surface area (Å²) >= 11 is 0. The largest absolute Gasteiger partial charge is 0.497 e. The summed E-state index contributed by atoms with van der Waals surface area (Å²) in [6.45, 7) is 5.75. The molecular weight excluding hydrogens is 302 g/mol. The molecule has 0 aromatic heterocycles. The molecule has 0 spiro atoms. The number of methoxy groups -OCH3 is 1. The Bertz CT molecular complexity index is 643. The molecule has 0 bridgehead atoms. The minimum absolute atomic E-state index is 0.229. The Morgan fingerprint density at radius 1 is 0.958 bits per heavy atom. The Morgan fingerprint density at radius 2 is 1.71 bits per heavy atom. The summed E-state index contributed by atoms with van der Waals surface area (Å²) in [6.07, 6.45) is 0.843. The summed E-state index contributed by atoms with van der Waals surface area (Å²) in [7, 11) is 1.68. The molecule has 1 atom stereocenters. The van der Waals surface area contributed by atoms with Crippen molar-refractivity contribution in [2.45, 2.75) is 26.2 Å². The third-order valence-electron chi connectivity index (χ3n) is 3.94. The molecular formula is C20H27NO3. The molecule has 2 aromatic rings. The van der Waals surface area contributed by atoms with Crippen LogP contribution in [0.5, 0.6) is 17.2 Å². The van der Waals surface area contributed by atoms with Gasteiger partial charge in [-0.05, 0) is 62.2 Å². The Labute approximate surface area is 144 Å². The predicted octanol–water partition coefficient (Wildman–Crippen LogP) is 3.78. The third-order valence-corrected chi connectivity index (χ3v) is 3.94. The van der Waals surface area contributed by atoms with E-state index in [2.05, 4.69) is 24.3 Å². The molecule has 0 radical (unpaired) electrons. The van der Waals surface area contributed by atoms with E-state index in [9.17, 15) is 0 Å². The van der Waals surface area contributed by atoms with Gasteiger partial charge >= 0.3 is 0 Å². The maximum absolute atomic E-state index is 6.02. The average molecular weight is 329 g/mol. The second-order valence-electron chi connectivity index (χ2n) is 5.56. The molecule has 0 aliphatic heterocycles. The van der Waals surface area contributed by atoms with E-state index >= 15 is 0 Å². The standard InChI is InChI=1S/C20H27NO3/c1-4-23-19-10-9-15(12-20(19)24-5-2)11-17(14-21)16-7-6-8-18(13-16)22-3/h6-10,12-13,17H,4-5,11,14,21H2,1-3H3. The van der Waals surface area contributed by atoms with Crippen molar-refractivity contribution in [2.24, 2.45) is 5.73 Å². The van der Waals surface area contributed by atoms with Crippen molar-refractivity contribution in [3.63, 3.8) is 0 Å². The van der Waals surface area contributed by atoms with Crippen LogP contribution in [-0.2, 0) is 6.42 Å². The van der Waals surface area contributed by atoms with Gasteiger partial charge < -0.3 is 19.9 Å². The van der Waals surface area contributed by atoms with E-state index in [0.29, 0.717) is 19.8 Å². The molecule has 2 rings (SSSR count). The highest BCUT2D eigenvalue weighted by molar-refractivity contribution is 5.44. The molecule has 2 aromatic carbocycles. The maximum Gasteiger partial charge on any atom is 0.161 e. The zero-order valence-corrected chi connectivity index (χ0v) is 14.7. The van der Waals surface area contributed by atoms with E-state index < -0.39 is 0 Å². The normalized spacial score (nSPS) is 11.8. The lowest BCUT2D eigenvalue weighted by molar-refractivity contribution is 0.287. The number of hydrogen-bond acceptors (Lipinski definition) is 4. The highest BCUT2D eigenvalue weighted by atomic mass is 16.5. The van der Waals surface area contributed by atoms with E-state index in [0.717, 1.165) is 23.7 Å². The quantitative estimate of drug-likeness (QED) is 0.761. The lowest BCUT2D eigenvalue weighted by Crippen LogP contribution is -2.15. The van der Waals surface area contributed by atoms with Gasteiger partial charge in [0, 0.05) is 5.92 Å². The van der Waals surface area contributed by atoms with Crippen LogP contribution in [0.1, 0.15) is 30.9 Å². The molecule has 2 N–H and O–H groups in total. The fourth-order valence-electron chi connectivity index (χ4n) is 2.74. The van der Waals surface area contributed by atoms with Crippen LogP contribution in [-0.4, -0.2) is 26.9 Å². The van der Waals surface area contributed by atoms with Gasteiger partial charge in [0.1, 0.15) is 5.75 Å². The maximum atomic E-state index is 6.02. The minimum atomic E-state index is 0.229. The second kappa shape index (κ2) is 9.18. The van der Waals surface area contributed by atoms with Gasteiger partial charge in [0.15, 0.2) is 11.5 Å². The predicted molar refractivity (Wildman–Crippen MR) is 97.3 cm³/mol. The van der Waals surface area contributed by atoms with Crippen LogP contribution in [0.4, 0.5) is 0 Å². The van der Waals surface area contributed by atoms with Crippen molar-refractivity contribution in [3.05, 3.63) is 53.6 Å². The van der Waals surface area contributed by atoms with Crippen molar-refractivity contribution in [1.82, 2.24) is 0 Å². The first-order valence-corrected chi connectivity index (χ1v) is 8.44. The highest BCUT2D eigenvalue weighted by Gasteiger charge is 2.14. The van der Waals surface area contributed by atoms with Crippen LogP contribution >= 0.6 is 0 Å². The third kappa shape index (κ3) is 4.65. The first kappa shape index (κ1) is 18.1. The first-order chi connectivity index (χ1) is 11.7. The van der Waals surface area contributed by atoms with Crippen LogP contribution in [0.15, 0.2) is 42.5 Å². The monoisotopic (exact) mass is 329 g/mol. The molecule has 4 nitrogen and oxygen atoms in total. The smallest absolute Gasteiger partial charge is 0.161 e. The molecule has 0 fully saturated rings. The SMILES string of the molecule is CCOc1ccc(CC(CN)c2cccc(OC)c2)cc1OCC. The molecule has 0 amide bonds. The van der Waals surface area contributed by atoms with E-state index in [1.165, 1.54) is 11.1 Å². The number of hydrogen-bond donors (Lipinski definition) is 1. The van der Waals surface area contributed by atoms with Gasteiger partial charge in [0.25, 0.3) is 0 Å². The van der Waals surface area contributed by atoms with Gasteiger partial charge in [-0.1, -0.05) is 18.2 Å². The number of rotatable bonds is 9. The van der Waals surface area contributed by atoms with Crippen LogP contribution < -0.4 is 19.9 Å². The van der Waals surface area contributed by atoms with Crippen LogP contribution in [0.3, 0.4) is 0 Å².